The van der Waals surface area contributed by atoms with Crippen LogP contribution in [0.5, 0.6) is 0 Å². The van der Waals surface area contributed by atoms with E-state index < -0.39 is 0 Å². The molecule has 4 rings (SSSR count). The SMILES string of the molecule is O=C(c1ccccn1)N1CC2(COC(Cc3ccccc3)C2)C1. The first-order valence-corrected chi connectivity index (χ1v) is 8.10. The summed E-state index contributed by atoms with van der Waals surface area (Å²) < 4.78 is 5.99. The second-order valence-electron chi connectivity index (χ2n) is 6.70. The lowest BCUT2D eigenvalue weighted by Crippen LogP contribution is -2.59. The summed E-state index contributed by atoms with van der Waals surface area (Å²) in [7, 11) is 0. The minimum atomic E-state index is 0.0303. The zero-order valence-corrected chi connectivity index (χ0v) is 13.0. The summed E-state index contributed by atoms with van der Waals surface area (Å²) in [6, 6.07) is 15.9. The molecule has 1 aromatic carbocycles. The number of ether oxygens (including phenoxy) is 1. The topological polar surface area (TPSA) is 42.4 Å². The largest absolute Gasteiger partial charge is 0.377 e. The van der Waals surface area contributed by atoms with Crippen LogP contribution in [0.25, 0.3) is 0 Å². The Kier molecular flexibility index (Phi) is 3.62. The molecule has 2 fully saturated rings. The van der Waals surface area contributed by atoms with E-state index in [1.54, 1.807) is 12.3 Å². The van der Waals surface area contributed by atoms with Gasteiger partial charge in [-0.3, -0.25) is 9.78 Å². The first kappa shape index (κ1) is 14.4. The number of hydrogen-bond donors (Lipinski definition) is 0. The predicted octanol–water partition coefficient (Wildman–Crippen LogP) is 2.56. The molecule has 0 radical (unpaired) electrons. The third-order valence-corrected chi connectivity index (χ3v) is 4.82. The summed E-state index contributed by atoms with van der Waals surface area (Å²) in [5, 5.41) is 0. The van der Waals surface area contributed by atoms with Gasteiger partial charge >= 0.3 is 0 Å². The maximum atomic E-state index is 12.4. The average molecular weight is 308 g/mol. The number of benzene rings is 1. The van der Waals surface area contributed by atoms with Crippen molar-refractivity contribution >= 4 is 5.91 Å². The van der Waals surface area contributed by atoms with E-state index >= 15 is 0 Å². The molecule has 2 saturated heterocycles. The molecule has 2 aromatic rings. The highest BCUT2D eigenvalue weighted by Crippen LogP contribution is 2.42. The van der Waals surface area contributed by atoms with Crippen molar-refractivity contribution in [2.24, 2.45) is 5.41 Å². The Balaban J connectivity index is 1.34. The second-order valence-corrected chi connectivity index (χ2v) is 6.70. The molecule has 1 atom stereocenters. The van der Waals surface area contributed by atoms with E-state index in [1.807, 2.05) is 23.1 Å². The maximum Gasteiger partial charge on any atom is 0.272 e. The third kappa shape index (κ3) is 2.86. The van der Waals surface area contributed by atoms with Crippen LogP contribution in [0.1, 0.15) is 22.5 Å². The quantitative estimate of drug-likeness (QED) is 0.875. The van der Waals surface area contributed by atoms with Crippen molar-refractivity contribution in [2.75, 3.05) is 19.7 Å². The van der Waals surface area contributed by atoms with Crippen LogP contribution in [0.3, 0.4) is 0 Å². The number of rotatable bonds is 3. The Morgan fingerprint density at radius 3 is 2.70 bits per heavy atom. The highest BCUT2D eigenvalue weighted by atomic mass is 16.5. The molecule has 1 unspecified atom stereocenters. The number of aromatic nitrogens is 1. The van der Waals surface area contributed by atoms with Gasteiger partial charge < -0.3 is 9.64 Å². The van der Waals surface area contributed by atoms with Crippen LogP contribution in [0.15, 0.2) is 54.7 Å². The van der Waals surface area contributed by atoms with E-state index in [9.17, 15) is 4.79 Å². The Morgan fingerprint density at radius 2 is 1.96 bits per heavy atom. The number of nitrogens with zero attached hydrogens (tertiary/aromatic N) is 2. The van der Waals surface area contributed by atoms with Gasteiger partial charge in [0.15, 0.2) is 0 Å². The van der Waals surface area contributed by atoms with Crippen molar-refractivity contribution in [3.05, 3.63) is 66.0 Å². The highest BCUT2D eigenvalue weighted by molar-refractivity contribution is 5.92. The van der Waals surface area contributed by atoms with Crippen LogP contribution in [0, 0.1) is 5.41 Å². The fraction of sp³-hybridized carbons (Fsp3) is 0.368. The van der Waals surface area contributed by atoms with Crippen molar-refractivity contribution in [1.82, 2.24) is 9.88 Å². The van der Waals surface area contributed by atoms with Gasteiger partial charge in [0.25, 0.3) is 5.91 Å². The van der Waals surface area contributed by atoms with Crippen molar-refractivity contribution in [3.63, 3.8) is 0 Å². The maximum absolute atomic E-state index is 12.4. The van der Waals surface area contributed by atoms with Gasteiger partial charge in [-0.05, 0) is 30.5 Å². The van der Waals surface area contributed by atoms with Gasteiger partial charge in [0.1, 0.15) is 5.69 Å². The Labute approximate surface area is 136 Å². The van der Waals surface area contributed by atoms with E-state index in [1.165, 1.54) is 5.56 Å². The number of pyridine rings is 1. The summed E-state index contributed by atoms with van der Waals surface area (Å²) in [5.41, 5.74) is 2.00. The minimum absolute atomic E-state index is 0.0303. The normalized spacial score (nSPS) is 22.1. The Bertz CT molecular complexity index is 681. The first-order chi connectivity index (χ1) is 11.2. The summed E-state index contributed by atoms with van der Waals surface area (Å²) in [4.78, 5) is 18.4. The zero-order valence-electron chi connectivity index (χ0n) is 13.0. The molecule has 1 spiro atoms. The van der Waals surface area contributed by atoms with Crippen LogP contribution in [0.4, 0.5) is 0 Å². The van der Waals surface area contributed by atoms with Crippen LogP contribution in [-0.2, 0) is 11.2 Å². The molecule has 118 valence electrons. The van der Waals surface area contributed by atoms with E-state index in [-0.39, 0.29) is 17.4 Å². The van der Waals surface area contributed by atoms with E-state index in [0.29, 0.717) is 5.69 Å². The van der Waals surface area contributed by atoms with Gasteiger partial charge in [-0.2, -0.15) is 0 Å². The van der Waals surface area contributed by atoms with E-state index in [0.717, 1.165) is 32.5 Å². The van der Waals surface area contributed by atoms with Gasteiger partial charge in [-0.25, -0.2) is 0 Å². The molecule has 1 aromatic heterocycles. The Morgan fingerprint density at radius 1 is 1.17 bits per heavy atom. The first-order valence-electron chi connectivity index (χ1n) is 8.10. The molecular weight excluding hydrogens is 288 g/mol. The molecule has 0 N–H and O–H groups in total. The molecular formula is C19H20N2O2. The highest BCUT2D eigenvalue weighted by Gasteiger charge is 2.50. The van der Waals surface area contributed by atoms with Crippen molar-refractivity contribution < 1.29 is 9.53 Å². The van der Waals surface area contributed by atoms with Crippen LogP contribution < -0.4 is 0 Å². The second kappa shape index (κ2) is 5.78. The van der Waals surface area contributed by atoms with Crippen molar-refractivity contribution in [3.8, 4) is 0 Å². The van der Waals surface area contributed by atoms with Crippen molar-refractivity contribution in [2.45, 2.75) is 18.9 Å². The molecule has 23 heavy (non-hydrogen) atoms. The number of amides is 1. The molecule has 0 bridgehead atoms. The minimum Gasteiger partial charge on any atom is -0.377 e. The fourth-order valence-electron chi connectivity index (χ4n) is 3.68. The van der Waals surface area contributed by atoms with Gasteiger partial charge in [-0.15, -0.1) is 0 Å². The molecule has 0 aliphatic carbocycles. The zero-order chi connectivity index (χ0) is 15.7. The molecule has 4 heteroatoms. The van der Waals surface area contributed by atoms with Gasteiger partial charge in [0.2, 0.25) is 0 Å². The van der Waals surface area contributed by atoms with Crippen molar-refractivity contribution in [1.29, 1.82) is 0 Å². The number of carbonyl (C=O) groups is 1. The Hall–Kier alpha value is -2.20. The van der Waals surface area contributed by atoms with E-state index in [4.69, 9.17) is 4.74 Å². The summed E-state index contributed by atoms with van der Waals surface area (Å²) in [6.45, 7) is 2.33. The molecule has 0 saturated carbocycles. The lowest BCUT2D eigenvalue weighted by atomic mass is 9.77. The molecule has 1 amide bonds. The smallest absolute Gasteiger partial charge is 0.272 e. The van der Waals surface area contributed by atoms with Gasteiger partial charge in [-0.1, -0.05) is 36.4 Å². The van der Waals surface area contributed by atoms with Gasteiger partial charge in [0.05, 0.1) is 12.7 Å². The fourth-order valence-corrected chi connectivity index (χ4v) is 3.68. The predicted molar refractivity (Wildman–Crippen MR) is 87.1 cm³/mol. The molecule has 4 nitrogen and oxygen atoms in total. The lowest BCUT2D eigenvalue weighted by Gasteiger charge is -2.47. The number of likely N-dealkylation sites (tertiary alicyclic amines) is 1. The van der Waals surface area contributed by atoms with E-state index in [2.05, 4.69) is 29.2 Å². The standard InChI is InChI=1S/C19H20N2O2/c22-18(17-8-4-5-9-20-17)21-12-19(13-21)11-16(23-14-19)10-15-6-2-1-3-7-15/h1-9,16H,10-14H2. The average Bonchev–Trinajstić information content (AvgIpc) is 2.99. The molecule has 2 aliphatic rings. The number of hydrogen-bond acceptors (Lipinski definition) is 3. The van der Waals surface area contributed by atoms with Crippen LogP contribution >= 0.6 is 0 Å². The summed E-state index contributed by atoms with van der Waals surface area (Å²) >= 11 is 0. The monoisotopic (exact) mass is 308 g/mol. The van der Waals surface area contributed by atoms with Gasteiger partial charge in [0, 0.05) is 24.7 Å². The number of carbonyl (C=O) groups excluding carboxylic acids is 1. The lowest BCUT2D eigenvalue weighted by molar-refractivity contribution is -0.00172. The molecule has 2 aliphatic heterocycles. The van der Waals surface area contributed by atoms with Crippen LogP contribution in [0.2, 0.25) is 0 Å². The molecule has 3 heterocycles. The summed E-state index contributed by atoms with van der Waals surface area (Å²) in [5.74, 6) is 0.0303. The summed E-state index contributed by atoms with van der Waals surface area (Å²) in [6.07, 6.45) is 3.92. The van der Waals surface area contributed by atoms with Crippen LogP contribution in [-0.4, -0.2) is 41.6 Å². The third-order valence-electron chi connectivity index (χ3n) is 4.82.